The maximum absolute atomic E-state index is 14.0. The van der Waals surface area contributed by atoms with E-state index < -0.39 is 17.8 Å². The fraction of sp³-hybridized carbons (Fsp3) is 0.240. The molecule has 1 aliphatic heterocycles. The molecular formula is C25H21F3N4O3. The molecule has 1 aliphatic rings. The highest BCUT2D eigenvalue weighted by molar-refractivity contribution is 6.00. The second-order valence-electron chi connectivity index (χ2n) is 8.13. The average Bonchev–Trinajstić information content (AvgIpc) is 3.30. The van der Waals surface area contributed by atoms with Crippen LogP contribution in [0.1, 0.15) is 27.2 Å². The van der Waals surface area contributed by atoms with Crippen molar-refractivity contribution in [2.24, 2.45) is 0 Å². The molecule has 3 heterocycles. The molecule has 0 radical (unpaired) electrons. The van der Waals surface area contributed by atoms with Gasteiger partial charge in [-0.25, -0.2) is 9.50 Å². The van der Waals surface area contributed by atoms with Crippen molar-refractivity contribution in [3.05, 3.63) is 77.1 Å². The number of methoxy groups -OCH3 is 2. The van der Waals surface area contributed by atoms with Gasteiger partial charge >= 0.3 is 6.18 Å². The van der Waals surface area contributed by atoms with Gasteiger partial charge in [0.15, 0.2) is 22.8 Å². The summed E-state index contributed by atoms with van der Waals surface area (Å²) >= 11 is 0. The monoisotopic (exact) mass is 482 g/mol. The van der Waals surface area contributed by atoms with Crippen molar-refractivity contribution in [1.29, 1.82) is 0 Å². The lowest BCUT2D eigenvalue weighted by Crippen LogP contribution is -2.36. The van der Waals surface area contributed by atoms with Gasteiger partial charge in [-0.15, -0.1) is 0 Å². The highest BCUT2D eigenvalue weighted by Crippen LogP contribution is 2.36. The molecule has 0 spiro atoms. The smallest absolute Gasteiger partial charge is 0.433 e. The van der Waals surface area contributed by atoms with Crippen LogP contribution >= 0.6 is 0 Å². The summed E-state index contributed by atoms with van der Waals surface area (Å²) in [6, 6.07) is 13.4. The number of halogens is 3. The van der Waals surface area contributed by atoms with Gasteiger partial charge in [-0.1, -0.05) is 24.3 Å². The zero-order chi connectivity index (χ0) is 24.7. The van der Waals surface area contributed by atoms with E-state index in [1.165, 1.54) is 20.3 Å². The Labute approximate surface area is 198 Å². The van der Waals surface area contributed by atoms with Crippen molar-refractivity contribution >= 4 is 11.6 Å². The fourth-order valence-corrected chi connectivity index (χ4v) is 4.30. The number of benzene rings is 2. The SMILES string of the molecule is COc1ccc(-c2cc(C(F)(F)F)n3ncc(C(=O)N4CCc5ccccc5C4)c3n2)cc1OC. The van der Waals surface area contributed by atoms with Crippen LogP contribution in [-0.4, -0.2) is 46.2 Å². The summed E-state index contributed by atoms with van der Waals surface area (Å²) in [4.78, 5) is 19.4. The molecule has 10 heteroatoms. The Morgan fingerprint density at radius 2 is 1.74 bits per heavy atom. The summed E-state index contributed by atoms with van der Waals surface area (Å²) in [6.07, 6.45) is -2.90. The molecule has 0 saturated heterocycles. The zero-order valence-electron chi connectivity index (χ0n) is 19.0. The standard InChI is InChI=1S/C25H21F3N4O3/c1-34-20-8-7-16(11-21(20)35-2)19-12-22(25(26,27)28)32-23(30-19)18(13-29-32)24(33)31-10-9-15-5-3-4-6-17(15)14-31/h3-8,11-13H,9-10,14H2,1-2H3. The minimum Gasteiger partial charge on any atom is -0.493 e. The van der Waals surface area contributed by atoms with Gasteiger partial charge < -0.3 is 14.4 Å². The minimum atomic E-state index is -4.72. The highest BCUT2D eigenvalue weighted by Gasteiger charge is 2.36. The first kappa shape index (κ1) is 22.7. The van der Waals surface area contributed by atoms with Crippen LogP contribution in [0.3, 0.4) is 0 Å². The van der Waals surface area contributed by atoms with Crippen molar-refractivity contribution in [2.45, 2.75) is 19.1 Å². The molecule has 4 aromatic rings. The van der Waals surface area contributed by atoms with E-state index in [0.29, 0.717) is 41.1 Å². The van der Waals surface area contributed by atoms with Gasteiger partial charge in [0.2, 0.25) is 0 Å². The Bertz CT molecular complexity index is 1430. The number of amides is 1. The van der Waals surface area contributed by atoms with E-state index in [2.05, 4.69) is 10.1 Å². The molecule has 2 aromatic heterocycles. The number of ether oxygens (including phenoxy) is 2. The van der Waals surface area contributed by atoms with Crippen molar-refractivity contribution in [1.82, 2.24) is 19.5 Å². The van der Waals surface area contributed by atoms with Gasteiger partial charge in [0.25, 0.3) is 5.91 Å². The lowest BCUT2D eigenvalue weighted by atomic mass is 9.99. The summed E-state index contributed by atoms with van der Waals surface area (Å²) in [5.74, 6) is 0.357. The van der Waals surface area contributed by atoms with Crippen LogP contribution in [0, 0.1) is 0 Å². The Balaban J connectivity index is 1.61. The lowest BCUT2D eigenvalue weighted by Gasteiger charge is -2.28. The van der Waals surface area contributed by atoms with Crippen LogP contribution in [0.25, 0.3) is 16.9 Å². The first-order valence-corrected chi connectivity index (χ1v) is 10.8. The first-order valence-electron chi connectivity index (χ1n) is 10.8. The van der Waals surface area contributed by atoms with Crippen LogP contribution in [0.4, 0.5) is 13.2 Å². The number of aromatic nitrogens is 3. The number of carbonyl (C=O) groups is 1. The molecule has 5 rings (SSSR count). The average molecular weight is 482 g/mol. The van der Waals surface area contributed by atoms with Crippen LogP contribution in [0.15, 0.2) is 54.7 Å². The maximum atomic E-state index is 14.0. The van der Waals surface area contributed by atoms with Crippen LogP contribution in [0.5, 0.6) is 11.5 Å². The Hall–Kier alpha value is -4.08. The largest absolute Gasteiger partial charge is 0.493 e. The number of carbonyl (C=O) groups excluding carboxylic acids is 1. The second-order valence-corrected chi connectivity index (χ2v) is 8.13. The van der Waals surface area contributed by atoms with Gasteiger partial charge in [0.05, 0.1) is 26.1 Å². The molecule has 0 fully saturated rings. The molecule has 0 N–H and O–H groups in total. The molecule has 1 amide bonds. The molecule has 2 aromatic carbocycles. The molecule has 180 valence electrons. The molecule has 0 bridgehead atoms. The summed E-state index contributed by atoms with van der Waals surface area (Å²) in [5.41, 5.74) is 1.40. The number of alkyl halides is 3. The lowest BCUT2D eigenvalue weighted by molar-refractivity contribution is -0.142. The first-order chi connectivity index (χ1) is 16.8. The number of hydrogen-bond donors (Lipinski definition) is 0. The van der Waals surface area contributed by atoms with Gasteiger partial charge in [-0.3, -0.25) is 4.79 Å². The summed E-state index contributed by atoms with van der Waals surface area (Å²) < 4.78 is 53.1. The summed E-state index contributed by atoms with van der Waals surface area (Å²) in [6.45, 7) is 0.822. The van der Waals surface area contributed by atoms with Crippen molar-refractivity contribution < 1.29 is 27.4 Å². The van der Waals surface area contributed by atoms with E-state index in [1.54, 1.807) is 17.0 Å². The molecule has 0 aliphatic carbocycles. The Kier molecular flexibility index (Phi) is 5.58. The topological polar surface area (TPSA) is 69.0 Å². The van der Waals surface area contributed by atoms with Crippen LogP contribution in [0.2, 0.25) is 0 Å². The van der Waals surface area contributed by atoms with E-state index in [9.17, 15) is 18.0 Å². The molecule has 0 saturated carbocycles. The number of fused-ring (bicyclic) bond motifs is 2. The minimum absolute atomic E-state index is 0.0113. The predicted octanol–water partition coefficient (Wildman–Crippen LogP) is 4.63. The quantitative estimate of drug-likeness (QED) is 0.424. The van der Waals surface area contributed by atoms with Crippen molar-refractivity contribution in [3.8, 4) is 22.8 Å². The van der Waals surface area contributed by atoms with E-state index in [1.807, 2.05) is 24.3 Å². The summed E-state index contributed by atoms with van der Waals surface area (Å²) in [5, 5.41) is 3.88. The predicted molar refractivity (Wildman–Crippen MR) is 121 cm³/mol. The second kappa shape index (κ2) is 8.61. The van der Waals surface area contributed by atoms with Crippen molar-refractivity contribution in [3.63, 3.8) is 0 Å². The number of nitrogens with zero attached hydrogens (tertiary/aromatic N) is 4. The summed E-state index contributed by atoms with van der Waals surface area (Å²) in [7, 11) is 2.90. The molecule has 0 atom stereocenters. The fourth-order valence-electron chi connectivity index (χ4n) is 4.30. The number of hydrogen-bond acceptors (Lipinski definition) is 5. The Morgan fingerprint density at radius 1 is 1.00 bits per heavy atom. The van der Waals surface area contributed by atoms with Crippen molar-refractivity contribution in [2.75, 3.05) is 20.8 Å². The van der Waals surface area contributed by atoms with Gasteiger partial charge in [0.1, 0.15) is 5.56 Å². The molecular weight excluding hydrogens is 461 g/mol. The third-order valence-electron chi connectivity index (χ3n) is 6.09. The maximum Gasteiger partial charge on any atom is 0.433 e. The molecule has 0 unspecified atom stereocenters. The van der Waals surface area contributed by atoms with E-state index in [4.69, 9.17) is 9.47 Å². The Morgan fingerprint density at radius 3 is 2.46 bits per heavy atom. The van der Waals surface area contributed by atoms with Gasteiger partial charge in [-0.2, -0.15) is 18.3 Å². The zero-order valence-corrected chi connectivity index (χ0v) is 19.0. The van der Waals surface area contributed by atoms with E-state index in [-0.39, 0.29) is 16.9 Å². The molecule has 35 heavy (non-hydrogen) atoms. The van der Waals surface area contributed by atoms with Crippen LogP contribution in [-0.2, 0) is 19.1 Å². The van der Waals surface area contributed by atoms with Gasteiger partial charge in [-0.05, 0) is 41.8 Å². The number of rotatable bonds is 4. The van der Waals surface area contributed by atoms with Crippen LogP contribution < -0.4 is 9.47 Å². The van der Waals surface area contributed by atoms with E-state index in [0.717, 1.165) is 23.4 Å². The molecule has 7 nitrogen and oxygen atoms in total. The van der Waals surface area contributed by atoms with E-state index >= 15 is 0 Å². The third-order valence-corrected chi connectivity index (χ3v) is 6.09. The highest BCUT2D eigenvalue weighted by atomic mass is 19.4. The van der Waals surface area contributed by atoms with Gasteiger partial charge in [0, 0.05) is 18.7 Å². The normalized spacial score (nSPS) is 13.6. The third kappa shape index (κ3) is 4.05.